The molecule has 4 aliphatic carbocycles. The predicted octanol–water partition coefficient (Wildman–Crippen LogP) is 4.52. The maximum Gasteiger partial charge on any atom is 0.237 e. The quantitative estimate of drug-likeness (QED) is 0.620. The fraction of sp³-hybridized carbons (Fsp3) is 0.567. The summed E-state index contributed by atoms with van der Waals surface area (Å²) >= 11 is 0. The van der Waals surface area contributed by atoms with Crippen LogP contribution in [0.1, 0.15) is 44.1 Å². The number of rotatable bonds is 7. The van der Waals surface area contributed by atoms with Crippen LogP contribution in [0.4, 0.5) is 5.69 Å². The van der Waals surface area contributed by atoms with Crippen LogP contribution in [-0.4, -0.2) is 66.2 Å². The molecule has 192 valence electrons. The van der Waals surface area contributed by atoms with Crippen molar-refractivity contribution >= 4 is 11.6 Å². The summed E-state index contributed by atoms with van der Waals surface area (Å²) in [6.45, 7) is 4.43. The molecule has 0 radical (unpaired) electrons. The molecule has 0 aromatic heterocycles. The number of hydrogen-bond donors (Lipinski definition) is 1. The molecule has 2 aromatic carbocycles. The number of phenolic OH excluding ortho intramolecular Hbond substituents is 1. The number of phenols is 1. The number of carbonyl (C=O) groups is 1. The largest absolute Gasteiger partial charge is 0.506 e. The van der Waals surface area contributed by atoms with Crippen molar-refractivity contribution in [2.24, 2.45) is 17.8 Å². The lowest BCUT2D eigenvalue weighted by Gasteiger charge is -2.60. The van der Waals surface area contributed by atoms with E-state index in [0.717, 1.165) is 60.9 Å². The summed E-state index contributed by atoms with van der Waals surface area (Å²) in [5.41, 5.74) is 2.06. The number of benzene rings is 2. The first-order valence-electron chi connectivity index (χ1n) is 13.7. The Bertz CT molecular complexity index is 1060. The number of amides is 1. The van der Waals surface area contributed by atoms with E-state index in [0.29, 0.717) is 18.8 Å². The molecule has 0 atom stereocenters. The second kappa shape index (κ2) is 9.62. The van der Waals surface area contributed by atoms with Gasteiger partial charge in [0.05, 0.1) is 19.3 Å². The van der Waals surface area contributed by atoms with Crippen molar-refractivity contribution in [2.75, 3.05) is 44.7 Å². The summed E-state index contributed by atoms with van der Waals surface area (Å²) in [6.07, 6.45) is 7.64. The van der Waals surface area contributed by atoms with Crippen molar-refractivity contribution in [3.05, 3.63) is 54.1 Å². The Morgan fingerprint density at radius 3 is 2.28 bits per heavy atom. The molecule has 0 spiro atoms. The fourth-order valence-electron chi connectivity index (χ4n) is 8.02. The summed E-state index contributed by atoms with van der Waals surface area (Å²) in [4.78, 5) is 20.9. The standard InChI is InChI=1S/C30H39N3O3/c1-36-26-6-4-5-22(16-26)20-33(30-17-23-13-24(18-30)15-25(14-23)19-30)29(35)21-31-9-11-32(12-10-31)27-7-2-3-8-28(27)34/h2-8,16,23-25,34H,9-15,17-21H2,1H3. The van der Waals surface area contributed by atoms with Crippen molar-refractivity contribution in [3.63, 3.8) is 0 Å². The minimum absolute atomic E-state index is 0.0204. The lowest BCUT2D eigenvalue weighted by atomic mass is 9.52. The van der Waals surface area contributed by atoms with E-state index in [9.17, 15) is 9.90 Å². The first-order chi connectivity index (χ1) is 17.5. The monoisotopic (exact) mass is 489 g/mol. The third kappa shape index (κ3) is 4.56. The summed E-state index contributed by atoms with van der Waals surface area (Å²) in [7, 11) is 1.70. The van der Waals surface area contributed by atoms with Gasteiger partial charge in [0.25, 0.3) is 0 Å². The van der Waals surface area contributed by atoms with Gasteiger partial charge in [-0.1, -0.05) is 24.3 Å². The van der Waals surface area contributed by atoms with E-state index < -0.39 is 0 Å². The van der Waals surface area contributed by atoms with E-state index in [1.54, 1.807) is 13.2 Å². The van der Waals surface area contributed by atoms with Crippen LogP contribution in [0.2, 0.25) is 0 Å². The molecule has 6 heteroatoms. The minimum atomic E-state index is 0.0204. The molecule has 1 heterocycles. The maximum absolute atomic E-state index is 14.1. The third-order valence-corrected chi connectivity index (χ3v) is 9.31. The topological polar surface area (TPSA) is 56.2 Å². The molecule has 6 nitrogen and oxygen atoms in total. The summed E-state index contributed by atoms with van der Waals surface area (Å²) in [6, 6.07) is 15.8. The van der Waals surface area contributed by atoms with Gasteiger partial charge in [-0.25, -0.2) is 0 Å². The van der Waals surface area contributed by atoms with Gasteiger partial charge < -0.3 is 19.6 Å². The van der Waals surface area contributed by atoms with Crippen LogP contribution in [-0.2, 0) is 11.3 Å². The Morgan fingerprint density at radius 1 is 0.972 bits per heavy atom. The summed E-state index contributed by atoms with van der Waals surface area (Å²) in [5, 5.41) is 10.3. The molecule has 1 N–H and O–H groups in total. The van der Waals surface area contributed by atoms with Crippen LogP contribution >= 0.6 is 0 Å². The third-order valence-electron chi connectivity index (χ3n) is 9.31. The first kappa shape index (κ1) is 23.7. The van der Waals surface area contributed by atoms with Gasteiger partial charge >= 0.3 is 0 Å². The van der Waals surface area contributed by atoms with Crippen LogP contribution in [0.15, 0.2) is 48.5 Å². The van der Waals surface area contributed by atoms with E-state index >= 15 is 0 Å². The Hall–Kier alpha value is -2.73. The van der Waals surface area contributed by atoms with Gasteiger partial charge in [-0.3, -0.25) is 9.69 Å². The molecule has 36 heavy (non-hydrogen) atoms. The number of methoxy groups -OCH3 is 1. The molecule has 1 aliphatic heterocycles. The molecular weight excluding hydrogens is 450 g/mol. The van der Waals surface area contributed by atoms with Gasteiger partial charge in [-0.05, 0) is 86.1 Å². The van der Waals surface area contributed by atoms with E-state index in [1.165, 1.54) is 38.5 Å². The van der Waals surface area contributed by atoms with E-state index in [4.69, 9.17) is 4.74 Å². The predicted molar refractivity (Wildman–Crippen MR) is 141 cm³/mol. The fourth-order valence-corrected chi connectivity index (χ4v) is 8.02. The lowest BCUT2D eigenvalue weighted by molar-refractivity contribution is -0.153. The van der Waals surface area contributed by atoms with Gasteiger partial charge in [0.15, 0.2) is 0 Å². The molecule has 4 bridgehead atoms. The van der Waals surface area contributed by atoms with Crippen LogP contribution in [0, 0.1) is 17.8 Å². The number of hydrogen-bond acceptors (Lipinski definition) is 5. The zero-order valence-electron chi connectivity index (χ0n) is 21.4. The van der Waals surface area contributed by atoms with Gasteiger partial charge in [0, 0.05) is 38.3 Å². The van der Waals surface area contributed by atoms with E-state index in [2.05, 4.69) is 26.8 Å². The summed E-state index contributed by atoms with van der Waals surface area (Å²) < 4.78 is 5.49. The number of anilines is 1. The first-order valence-corrected chi connectivity index (χ1v) is 13.7. The molecule has 4 saturated carbocycles. The van der Waals surface area contributed by atoms with Gasteiger partial charge in [-0.2, -0.15) is 0 Å². The molecule has 5 aliphatic rings. The zero-order valence-corrected chi connectivity index (χ0v) is 21.4. The van der Waals surface area contributed by atoms with Gasteiger partial charge in [0.1, 0.15) is 11.5 Å². The van der Waals surface area contributed by atoms with Crippen LogP contribution < -0.4 is 9.64 Å². The number of aromatic hydroxyl groups is 1. The average Bonchev–Trinajstić information content (AvgIpc) is 2.87. The van der Waals surface area contributed by atoms with Gasteiger partial charge in [0.2, 0.25) is 5.91 Å². The second-order valence-electron chi connectivity index (χ2n) is 11.7. The van der Waals surface area contributed by atoms with Crippen molar-refractivity contribution in [3.8, 4) is 11.5 Å². The van der Waals surface area contributed by atoms with Crippen LogP contribution in [0.5, 0.6) is 11.5 Å². The average molecular weight is 490 g/mol. The highest BCUT2D eigenvalue weighted by atomic mass is 16.5. The van der Waals surface area contributed by atoms with Crippen molar-refractivity contribution < 1.29 is 14.6 Å². The number of piperazine rings is 1. The van der Waals surface area contributed by atoms with Crippen molar-refractivity contribution in [2.45, 2.75) is 50.6 Å². The molecular formula is C30H39N3O3. The van der Waals surface area contributed by atoms with E-state index in [1.807, 2.05) is 30.3 Å². The van der Waals surface area contributed by atoms with Crippen LogP contribution in [0.25, 0.3) is 0 Å². The molecule has 1 amide bonds. The smallest absolute Gasteiger partial charge is 0.237 e. The number of ether oxygens (including phenoxy) is 1. The highest BCUT2D eigenvalue weighted by Gasteiger charge is 2.54. The minimum Gasteiger partial charge on any atom is -0.506 e. The van der Waals surface area contributed by atoms with E-state index in [-0.39, 0.29) is 11.4 Å². The Kier molecular flexibility index (Phi) is 6.32. The van der Waals surface area contributed by atoms with Crippen molar-refractivity contribution in [1.82, 2.24) is 9.80 Å². The Morgan fingerprint density at radius 2 is 1.64 bits per heavy atom. The highest BCUT2D eigenvalue weighted by molar-refractivity contribution is 5.79. The Balaban J connectivity index is 1.19. The molecule has 1 saturated heterocycles. The number of carbonyl (C=O) groups excluding carboxylic acids is 1. The zero-order chi connectivity index (χ0) is 24.7. The maximum atomic E-state index is 14.1. The second-order valence-corrected chi connectivity index (χ2v) is 11.7. The summed E-state index contributed by atoms with van der Waals surface area (Å²) in [5.74, 6) is 3.83. The lowest BCUT2D eigenvalue weighted by Crippen LogP contribution is -2.62. The molecule has 2 aromatic rings. The molecule has 7 rings (SSSR count). The number of para-hydroxylation sites is 2. The number of nitrogens with zero attached hydrogens (tertiary/aromatic N) is 3. The van der Waals surface area contributed by atoms with Crippen molar-refractivity contribution in [1.29, 1.82) is 0 Å². The normalized spacial score (nSPS) is 29.4. The Labute approximate surface area is 214 Å². The highest BCUT2D eigenvalue weighted by Crippen LogP contribution is 2.58. The molecule has 5 fully saturated rings. The van der Waals surface area contributed by atoms with Crippen LogP contribution in [0.3, 0.4) is 0 Å². The molecule has 0 unspecified atom stereocenters. The van der Waals surface area contributed by atoms with Gasteiger partial charge in [-0.15, -0.1) is 0 Å². The SMILES string of the molecule is COc1cccc(CN(C(=O)CN2CCN(c3ccccc3O)CC2)C23CC4CC(CC(C4)C2)C3)c1.